The number of anilines is 1. The van der Waals surface area contributed by atoms with E-state index in [-0.39, 0.29) is 0 Å². The summed E-state index contributed by atoms with van der Waals surface area (Å²) < 4.78 is 0. The van der Waals surface area contributed by atoms with E-state index in [9.17, 15) is 0 Å². The van der Waals surface area contributed by atoms with Gasteiger partial charge in [0.15, 0.2) is 0 Å². The predicted octanol–water partition coefficient (Wildman–Crippen LogP) is 5.60. The highest BCUT2D eigenvalue weighted by atomic mass is 15.3. The summed E-state index contributed by atoms with van der Waals surface area (Å²) in [6, 6.07) is 23.9. The fourth-order valence-electron chi connectivity index (χ4n) is 5.81. The van der Waals surface area contributed by atoms with Crippen molar-refractivity contribution < 1.29 is 0 Å². The molecule has 0 amide bonds. The van der Waals surface area contributed by atoms with Crippen molar-refractivity contribution in [3.63, 3.8) is 0 Å². The van der Waals surface area contributed by atoms with E-state index in [1.807, 2.05) is 0 Å². The van der Waals surface area contributed by atoms with Crippen molar-refractivity contribution in [2.24, 2.45) is 5.41 Å². The Labute approximate surface area is 183 Å². The van der Waals surface area contributed by atoms with Gasteiger partial charge in [-0.05, 0) is 66.1 Å². The minimum Gasteiger partial charge on any atom is -0.342 e. The number of piperidine rings is 2. The zero-order valence-corrected chi connectivity index (χ0v) is 18.1. The monoisotopic (exact) mass is 410 g/mol. The Morgan fingerprint density at radius 2 is 1.65 bits per heavy atom. The SMILES string of the molecule is c1ccc2c(CN3CCCC4(CCN(c5nc6ccccc6[nH]5)CC4)C3)cccc2c1. The molecule has 31 heavy (non-hydrogen) atoms. The molecule has 2 aliphatic heterocycles. The van der Waals surface area contributed by atoms with Crippen LogP contribution in [0.5, 0.6) is 0 Å². The second kappa shape index (κ2) is 7.69. The average Bonchev–Trinajstić information content (AvgIpc) is 3.24. The van der Waals surface area contributed by atoms with Crippen LogP contribution in [0.15, 0.2) is 66.7 Å². The van der Waals surface area contributed by atoms with Crippen molar-refractivity contribution in [2.75, 3.05) is 31.1 Å². The Kier molecular flexibility index (Phi) is 4.68. The molecule has 158 valence electrons. The molecular weight excluding hydrogens is 380 g/mol. The number of H-pyrrole nitrogens is 1. The second-order valence-corrected chi connectivity index (χ2v) is 9.52. The van der Waals surface area contributed by atoms with Gasteiger partial charge in [-0.1, -0.05) is 54.6 Å². The zero-order chi connectivity index (χ0) is 20.7. The van der Waals surface area contributed by atoms with Gasteiger partial charge in [0.05, 0.1) is 11.0 Å². The molecule has 2 saturated heterocycles. The minimum absolute atomic E-state index is 0.464. The van der Waals surface area contributed by atoms with Crippen molar-refractivity contribution in [3.05, 3.63) is 72.3 Å². The summed E-state index contributed by atoms with van der Waals surface area (Å²) in [4.78, 5) is 13.5. The molecule has 0 radical (unpaired) electrons. The molecule has 0 atom stereocenters. The summed E-state index contributed by atoms with van der Waals surface area (Å²) in [5, 5.41) is 2.76. The smallest absolute Gasteiger partial charge is 0.203 e. The van der Waals surface area contributed by atoms with Gasteiger partial charge in [-0.2, -0.15) is 0 Å². The number of nitrogens with one attached hydrogen (secondary N) is 1. The summed E-state index contributed by atoms with van der Waals surface area (Å²) in [5.74, 6) is 1.04. The van der Waals surface area contributed by atoms with E-state index < -0.39 is 0 Å². The first-order valence-electron chi connectivity index (χ1n) is 11.7. The first-order valence-corrected chi connectivity index (χ1v) is 11.7. The van der Waals surface area contributed by atoms with E-state index in [1.165, 1.54) is 55.1 Å². The lowest BCUT2D eigenvalue weighted by molar-refractivity contribution is 0.0606. The number of para-hydroxylation sites is 2. The molecule has 0 bridgehead atoms. The maximum absolute atomic E-state index is 4.83. The van der Waals surface area contributed by atoms with E-state index in [0.717, 1.165) is 36.6 Å². The van der Waals surface area contributed by atoms with Crippen LogP contribution in [0.25, 0.3) is 21.8 Å². The van der Waals surface area contributed by atoms with E-state index in [2.05, 4.69) is 81.5 Å². The third-order valence-corrected chi connectivity index (χ3v) is 7.51. The number of hydrogen-bond donors (Lipinski definition) is 1. The molecule has 1 N–H and O–H groups in total. The van der Waals surface area contributed by atoms with Crippen molar-refractivity contribution in [1.82, 2.24) is 14.9 Å². The number of imidazole rings is 1. The van der Waals surface area contributed by atoms with Crippen LogP contribution in [0.4, 0.5) is 5.95 Å². The third kappa shape index (κ3) is 3.59. The normalized spacial score (nSPS) is 19.4. The number of aromatic nitrogens is 2. The van der Waals surface area contributed by atoms with Crippen LogP contribution in [0.2, 0.25) is 0 Å². The van der Waals surface area contributed by atoms with Gasteiger partial charge in [0.25, 0.3) is 0 Å². The molecule has 1 spiro atoms. The van der Waals surface area contributed by atoms with Crippen molar-refractivity contribution in [2.45, 2.75) is 32.2 Å². The van der Waals surface area contributed by atoms with Crippen LogP contribution in [0, 0.1) is 5.41 Å². The first-order chi connectivity index (χ1) is 15.3. The number of fused-ring (bicyclic) bond motifs is 2. The van der Waals surface area contributed by atoms with Crippen LogP contribution in [-0.2, 0) is 6.54 Å². The van der Waals surface area contributed by atoms with E-state index in [0.29, 0.717) is 5.41 Å². The molecule has 4 nitrogen and oxygen atoms in total. The highest BCUT2D eigenvalue weighted by Gasteiger charge is 2.38. The molecule has 0 saturated carbocycles. The lowest BCUT2D eigenvalue weighted by Gasteiger charge is -2.47. The number of nitrogens with zero attached hydrogens (tertiary/aromatic N) is 3. The average molecular weight is 411 g/mol. The maximum atomic E-state index is 4.83. The van der Waals surface area contributed by atoms with Gasteiger partial charge < -0.3 is 9.88 Å². The Balaban J connectivity index is 1.15. The highest BCUT2D eigenvalue weighted by Crippen LogP contribution is 2.41. The fourth-order valence-corrected chi connectivity index (χ4v) is 5.81. The quantitative estimate of drug-likeness (QED) is 0.478. The zero-order valence-electron chi connectivity index (χ0n) is 18.1. The Bertz CT molecular complexity index is 1160. The van der Waals surface area contributed by atoms with Gasteiger partial charge in [-0.25, -0.2) is 4.98 Å². The van der Waals surface area contributed by atoms with Crippen molar-refractivity contribution in [3.8, 4) is 0 Å². The van der Waals surface area contributed by atoms with Crippen molar-refractivity contribution >= 4 is 27.8 Å². The lowest BCUT2D eigenvalue weighted by atomic mass is 9.72. The van der Waals surface area contributed by atoms with E-state index in [4.69, 9.17) is 4.98 Å². The third-order valence-electron chi connectivity index (χ3n) is 7.51. The van der Waals surface area contributed by atoms with Gasteiger partial charge in [-0.15, -0.1) is 0 Å². The summed E-state index contributed by atoms with van der Waals surface area (Å²) in [7, 11) is 0. The lowest BCUT2D eigenvalue weighted by Crippen LogP contribution is -2.49. The Morgan fingerprint density at radius 3 is 2.55 bits per heavy atom. The van der Waals surface area contributed by atoms with E-state index >= 15 is 0 Å². The number of benzene rings is 3. The van der Waals surface area contributed by atoms with Gasteiger partial charge in [0.1, 0.15) is 0 Å². The van der Waals surface area contributed by atoms with Gasteiger partial charge in [-0.3, -0.25) is 4.90 Å². The summed E-state index contributed by atoms with van der Waals surface area (Å²) in [6.07, 6.45) is 5.20. The van der Waals surface area contributed by atoms with Crippen LogP contribution >= 0.6 is 0 Å². The molecule has 2 aliphatic rings. The Morgan fingerprint density at radius 1 is 0.839 bits per heavy atom. The maximum Gasteiger partial charge on any atom is 0.203 e. The molecule has 6 rings (SSSR count). The van der Waals surface area contributed by atoms with Crippen LogP contribution < -0.4 is 4.90 Å². The summed E-state index contributed by atoms with van der Waals surface area (Å²) >= 11 is 0. The topological polar surface area (TPSA) is 35.2 Å². The standard InChI is InChI=1S/C27H30N4/c1-2-10-23-21(7-1)8-5-9-22(23)19-30-16-6-13-27(20-30)14-17-31(18-15-27)26-28-24-11-3-4-12-25(24)29-26/h1-5,7-12H,6,13-20H2,(H,28,29). The molecule has 2 fully saturated rings. The molecule has 3 heterocycles. The predicted molar refractivity (Wildman–Crippen MR) is 128 cm³/mol. The largest absolute Gasteiger partial charge is 0.342 e. The van der Waals surface area contributed by atoms with Crippen LogP contribution in [-0.4, -0.2) is 41.0 Å². The summed E-state index contributed by atoms with van der Waals surface area (Å²) in [6.45, 7) is 5.71. The summed E-state index contributed by atoms with van der Waals surface area (Å²) in [5.41, 5.74) is 4.13. The second-order valence-electron chi connectivity index (χ2n) is 9.52. The van der Waals surface area contributed by atoms with Crippen LogP contribution in [0.3, 0.4) is 0 Å². The molecular formula is C27H30N4. The minimum atomic E-state index is 0.464. The van der Waals surface area contributed by atoms with E-state index in [1.54, 1.807) is 0 Å². The first kappa shape index (κ1) is 18.9. The number of rotatable bonds is 3. The van der Waals surface area contributed by atoms with Crippen LogP contribution in [0.1, 0.15) is 31.2 Å². The molecule has 0 unspecified atom stereocenters. The Hall–Kier alpha value is -2.85. The molecule has 0 aliphatic carbocycles. The highest BCUT2D eigenvalue weighted by molar-refractivity contribution is 5.85. The number of hydrogen-bond acceptors (Lipinski definition) is 3. The molecule has 3 aromatic carbocycles. The number of aromatic amines is 1. The van der Waals surface area contributed by atoms with Gasteiger partial charge in [0.2, 0.25) is 5.95 Å². The van der Waals surface area contributed by atoms with Crippen molar-refractivity contribution in [1.29, 1.82) is 0 Å². The molecule has 4 aromatic rings. The fraction of sp³-hybridized carbons (Fsp3) is 0.370. The van der Waals surface area contributed by atoms with Gasteiger partial charge in [0, 0.05) is 26.2 Å². The molecule has 4 heteroatoms. The molecule has 1 aromatic heterocycles. The number of likely N-dealkylation sites (tertiary alicyclic amines) is 1. The van der Waals surface area contributed by atoms with Gasteiger partial charge >= 0.3 is 0 Å².